The van der Waals surface area contributed by atoms with Crippen molar-refractivity contribution in [3.63, 3.8) is 0 Å². The summed E-state index contributed by atoms with van der Waals surface area (Å²) >= 11 is 0. The molecule has 0 spiro atoms. The maximum Gasteiger partial charge on any atom is 0.410 e. The molecule has 1 aromatic carbocycles. The Hall–Kier alpha value is -5.15. The summed E-state index contributed by atoms with van der Waals surface area (Å²) in [4.78, 5) is 88.3. The molecule has 0 bridgehead atoms. The maximum atomic E-state index is 12.7. The molecule has 234 valence electrons. The van der Waals surface area contributed by atoms with Gasteiger partial charge < -0.3 is 35.6 Å². The van der Waals surface area contributed by atoms with E-state index in [1.54, 1.807) is 6.92 Å². The fourth-order valence-electron chi connectivity index (χ4n) is 3.63. The van der Waals surface area contributed by atoms with Gasteiger partial charge in [0, 0.05) is 38.3 Å². The van der Waals surface area contributed by atoms with Crippen LogP contribution in [0.15, 0.2) is 42.5 Å². The molecule has 1 aliphatic heterocycles. The number of amides is 7. The number of hydrazine groups is 1. The van der Waals surface area contributed by atoms with E-state index in [4.69, 9.17) is 10.5 Å². The van der Waals surface area contributed by atoms with Crippen LogP contribution in [0.1, 0.15) is 26.3 Å². The van der Waals surface area contributed by atoms with Crippen LogP contribution in [0.5, 0.6) is 0 Å². The molecule has 0 radical (unpaired) electrons. The van der Waals surface area contributed by atoms with Crippen LogP contribution in [0, 0.1) is 0 Å². The Bertz CT molecular complexity index is 1200. The van der Waals surface area contributed by atoms with Gasteiger partial charge in [0.05, 0.1) is 6.61 Å². The highest BCUT2D eigenvalue weighted by Crippen LogP contribution is 2.07. The molecular weight excluding hydrogens is 566 g/mol. The van der Waals surface area contributed by atoms with E-state index >= 15 is 0 Å². The van der Waals surface area contributed by atoms with Crippen molar-refractivity contribution >= 4 is 41.7 Å². The third-order valence-corrected chi connectivity index (χ3v) is 5.99. The number of piperazine rings is 1. The summed E-state index contributed by atoms with van der Waals surface area (Å²) in [5.74, 6) is -4.27. The van der Waals surface area contributed by atoms with E-state index in [1.807, 2.05) is 30.3 Å². The van der Waals surface area contributed by atoms with E-state index in [1.165, 1.54) is 23.6 Å². The van der Waals surface area contributed by atoms with Crippen LogP contribution in [-0.4, -0.2) is 108 Å². The minimum atomic E-state index is -1.20. The minimum Gasteiger partial charge on any atom is -0.463 e. The zero-order chi connectivity index (χ0) is 31.9. The zero-order valence-electron chi connectivity index (χ0n) is 24.2. The second-order valence-electron chi connectivity index (χ2n) is 9.37. The first kappa shape index (κ1) is 34.1. The molecule has 0 unspecified atom stereocenters. The van der Waals surface area contributed by atoms with E-state index in [9.17, 15) is 33.6 Å². The third kappa shape index (κ3) is 11.7. The number of carbonyl (C=O) groups excluding carboxylic acids is 7. The van der Waals surface area contributed by atoms with Gasteiger partial charge in [-0.2, -0.15) is 0 Å². The molecule has 1 aromatic rings. The van der Waals surface area contributed by atoms with Crippen LogP contribution in [0.2, 0.25) is 0 Å². The largest absolute Gasteiger partial charge is 0.463 e. The first-order valence-corrected chi connectivity index (χ1v) is 13.5. The molecule has 1 saturated heterocycles. The van der Waals surface area contributed by atoms with E-state index in [0.717, 1.165) is 17.7 Å². The molecule has 0 aromatic heterocycles. The Labute approximate surface area is 248 Å². The topological polar surface area (TPSA) is 210 Å². The molecule has 0 saturated carbocycles. The molecule has 1 heterocycles. The van der Waals surface area contributed by atoms with Crippen molar-refractivity contribution < 1.29 is 43.0 Å². The zero-order valence-corrected chi connectivity index (χ0v) is 24.2. The lowest BCUT2D eigenvalue weighted by Crippen LogP contribution is -2.58. The van der Waals surface area contributed by atoms with Gasteiger partial charge in [-0.1, -0.05) is 30.3 Å². The number of hydrogen-bond acceptors (Lipinski definition) is 9. The second kappa shape index (κ2) is 17.0. The van der Waals surface area contributed by atoms with Crippen molar-refractivity contribution in [3.05, 3.63) is 48.0 Å². The summed E-state index contributed by atoms with van der Waals surface area (Å²) < 4.78 is 9.98. The van der Waals surface area contributed by atoms with Gasteiger partial charge in [0.15, 0.2) is 0 Å². The Balaban J connectivity index is 1.80. The van der Waals surface area contributed by atoms with E-state index in [-0.39, 0.29) is 39.4 Å². The number of nitrogens with one attached hydrogen (secondary N) is 3. The predicted molar refractivity (Wildman–Crippen MR) is 150 cm³/mol. The lowest BCUT2D eigenvalue weighted by atomic mass is 10.2. The fraction of sp³-hybridized carbons (Fsp3) is 0.444. The van der Waals surface area contributed by atoms with Crippen LogP contribution < -0.4 is 21.8 Å². The molecule has 1 aliphatic rings. The number of benzene rings is 1. The second-order valence-corrected chi connectivity index (χ2v) is 9.37. The molecule has 2 atom stereocenters. The van der Waals surface area contributed by atoms with Gasteiger partial charge in [0.2, 0.25) is 11.8 Å². The molecule has 0 aliphatic carbocycles. The van der Waals surface area contributed by atoms with Gasteiger partial charge in [-0.25, -0.2) is 19.4 Å². The average molecular weight is 604 g/mol. The van der Waals surface area contributed by atoms with Crippen molar-refractivity contribution in [1.82, 2.24) is 30.9 Å². The Morgan fingerprint density at radius 1 is 0.884 bits per heavy atom. The van der Waals surface area contributed by atoms with Crippen molar-refractivity contribution in [1.29, 1.82) is 0 Å². The van der Waals surface area contributed by atoms with Crippen molar-refractivity contribution in [2.24, 2.45) is 5.73 Å². The molecule has 16 nitrogen and oxygen atoms in total. The number of carbonyl (C=O) groups is 7. The Morgan fingerprint density at radius 3 is 2.09 bits per heavy atom. The number of esters is 1. The number of ether oxygens (including phenoxy) is 2. The van der Waals surface area contributed by atoms with Crippen LogP contribution in [0.4, 0.5) is 9.59 Å². The molecule has 5 N–H and O–H groups in total. The fourth-order valence-corrected chi connectivity index (χ4v) is 3.63. The highest BCUT2D eigenvalue weighted by atomic mass is 16.6. The van der Waals surface area contributed by atoms with Gasteiger partial charge in [-0.15, -0.1) is 0 Å². The molecule has 2 rings (SSSR count). The summed E-state index contributed by atoms with van der Waals surface area (Å²) in [6, 6.07) is 6.44. The monoisotopic (exact) mass is 603 g/mol. The van der Waals surface area contributed by atoms with Gasteiger partial charge in [0.1, 0.15) is 25.2 Å². The van der Waals surface area contributed by atoms with Gasteiger partial charge >= 0.3 is 18.1 Å². The van der Waals surface area contributed by atoms with Crippen molar-refractivity contribution in [2.45, 2.75) is 39.5 Å². The summed E-state index contributed by atoms with van der Waals surface area (Å²) in [6.45, 7) is 4.74. The highest BCUT2D eigenvalue weighted by molar-refractivity contribution is 5.98. The number of hydrogen-bond donors (Lipinski definition) is 4. The van der Waals surface area contributed by atoms with Gasteiger partial charge in [-0.05, 0) is 26.3 Å². The van der Waals surface area contributed by atoms with Crippen LogP contribution >= 0.6 is 0 Å². The third-order valence-electron chi connectivity index (χ3n) is 5.99. The summed E-state index contributed by atoms with van der Waals surface area (Å²) in [6.07, 6.45) is 1.12. The van der Waals surface area contributed by atoms with Crippen LogP contribution in [-0.2, 0) is 40.1 Å². The first-order chi connectivity index (χ1) is 20.4. The number of nitrogens with zero attached hydrogens (tertiary/aromatic N) is 3. The molecule has 16 heteroatoms. The normalized spacial score (nSPS) is 14.2. The summed E-state index contributed by atoms with van der Waals surface area (Å²) in [5.41, 5.74) is 8.15. The van der Waals surface area contributed by atoms with E-state index in [0.29, 0.717) is 5.01 Å². The number of primary amides is 1. The first-order valence-electron chi connectivity index (χ1n) is 13.5. The number of nitrogens with two attached hydrogens (primary N) is 1. The molecule has 1 fully saturated rings. The number of urea groups is 1. The van der Waals surface area contributed by atoms with Crippen molar-refractivity contribution in [3.8, 4) is 0 Å². The SMILES string of the molecule is CCOC(=O)/C=C/C(=O)N(CC(N)=O)NC(=O)[C@H](C)NC(=O)[C@H](C)NC(=O)N1CCN(C(=O)OCc2ccccc2)CC1. The minimum absolute atomic E-state index is 0.0812. The van der Waals surface area contributed by atoms with E-state index in [2.05, 4.69) is 20.8 Å². The van der Waals surface area contributed by atoms with Gasteiger partial charge in [0.25, 0.3) is 11.8 Å². The quantitative estimate of drug-likeness (QED) is 0.139. The molecule has 43 heavy (non-hydrogen) atoms. The van der Waals surface area contributed by atoms with Gasteiger partial charge in [-0.3, -0.25) is 24.6 Å². The smallest absolute Gasteiger partial charge is 0.410 e. The van der Waals surface area contributed by atoms with Crippen LogP contribution in [0.3, 0.4) is 0 Å². The standard InChI is InChI=1S/C27H37N7O9/c1-4-42-23(37)11-10-22(36)34(16-21(28)35)31-25(39)19(3)29-24(38)18(2)30-26(40)32-12-14-33(15-13-32)27(41)43-17-20-8-6-5-7-9-20/h5-11,18-19H,4,12-17H2,1-3H3,(H2,28,35)(H,29,38)(H,30,40)(H,31,39)/b11-10+/t18-,19-/m0/s1. The highest BCUT2D eigenvalue weighted by Gasteiger charge is 2.28. The lowest BCUT2D eigenvalue weighted by Gasteiger charge is -2.34. The molecule has 7 amide bonds. The summed E-state index contributed by atoms with van der Waals surface area (Å²) in [7, 11) is 0. The molecular formula is C27H37N7O9. The van der Waals surface area contributed by atoms with Crippen LogP contribution in [0.25, 0.3) is 0 Å². The maximum absolute atomic E-state index is 12.7. The van der Waals surface area contributed by atoms with Crippen molar-refractivity contribution in [2.75, 3.05) is 39.3 Å². The summed E-state index contributed by atoms with van der Waals surface area (Å²) in [5, 5.41) is 5.51. The Morgan fingerprint density at radius 2 is 1.49 bits per heavy atom. The average Bonchev–Trinajstić information content (AvgIpc) is 2.98. The van der Waals surface area contributed by atoms with E-state index < -0.39 is 60.4 Å². The Kier molecular flexibility index (Phi) is 13.4. The predicted octanol–water partition coefficient (Wildman–Crippen LogP) is -0.992. The lowest BCUT2D eigenvalue weighted by molar-refractivity contribution is -0.142. The number of rotatable bonds is 11.